The Bertz CT molecular complexity index is 677. The minimum atomic E-state index is 0.174. The van der Waals surface area contributed by atoms with Crippen LogP contribution in [0.3, 0.4) is 0 Å². The van der Waals surface area contributed by atoms with E-state index in [2.05, 4.69) is 14.9 Å². The fraction of sp³-hybridized carbons (Fsp3) is 0.500. The number of aromatic nitrogens is 2. The van der Waals surface area contributed by atoms with E-state index in [0.29, 0.717) is 25.6 Å². The third-order valence-corrected chi connectivity index (χ3v) is 4.51. The minimum Gasteiger partial charge on any atom is -0.368 e. The van der Waals surface area contributed by atoms with Crippen LogP contribution in [0.15, 0.2) is 11.4 Å². The van der Waals surface area contributed by atoms with Gasteiger partial charge in [0.15, 0.2) is 0 Å². The number of likely N-dealkylation sites (N-methyl/N-ethyl adjacent to an activating group) is 1. The standard InChI is InChI=1S/C14H20N6OS/c1-18(2)9-11(21)19-4-6-20(7-5-19)12-10-3-8-22-13(10)17-14(15)16-12/h3,8H,4-7,9H2,1-2H3,(H2,15,16,17). The first-order valence-electron chi connectivity index (χ1n) is 7.23. The molecular formula is C14H20N6OS. The van der Waals surface area contributed by atoms with E-state index in [9.17, 15) is 4.79 Å². The predicted octanol–water partition coefficient (Wildman–Crippen LogP) is 0.484. The molecule has 8 heteroatoms. The van der Waals surface area contributed by atoms with Gasteiger partial charge in [0.2, 0.25) is 11.9 Å². The lowest BCUT2D eigenvalue weighted by Crippen LogP contribution is -2.51. The number of anilines is 2. The van der Waals surface area contributed by atoms with E-state index in [-0.39, 0.29) is 5.91 Å². The third-order valence-electron chi connectivity index (χ3n) is 3.71. The van der Waals surface area contributed by atoms with Gasteiger partial charge in [-0.2, -0.15) is 4.98 Å². The Labute approximate surface area is 133 Å². The molecule has 0 aromatic carbocycles. The highest BCUT2D eigenvalue weighted by Crippen LogP contribution is 2.29. The van der Waals surface area contributed by atoms with Gasteiger partial charge in [0.25, 0.3) is 0 Å². The number of piperazine rings is 1. The molecule has 0 spiro atoms. The fourth-order valence-corrected chi connectivity index (χ4v) is 3.40. The smallest absolute Gasteiger partial charge is 0.236 e. The largest absolute Gasteiger partial charge is 0.368 e. The van der Waals surface area contributed by atoms with Crippen LogP contribution in [0.4, 0.5) is 11.8 Å². The number of carbonyl (C=O) groups is 1. The fourth-order valence-electron chi connectivity index (χ4n) is 2.64. The van der Waals surface area contributed by atoms with Gasteiger partial charge in [0.05, 0.1) is 11.9 Å². The second-order valence-electron chi connectivity index (χ2n) is 5.65. The lowest BCUT2D eigenvalue weighted by molar-refractivity contribution is -0.132. The summed E-state index contributed by atoms with van der Waals surface area (Å²) in [5, 5.41) is 3.03. The SMILES string of the molecule is CN(C)CC(=O)N1CCN(c2nc(N)nc3sccc23)CC1. The van der Waals surface area contributed by atoms with E-state index in [1.54, 1.807) is 11.3 Å². The van der Waals surface area contributed by atoms with Crippen LogP contribution in [-0.2, 0) is 4.79 Å². The molecule has 7 nitrogen and oxygen atoms in total. The van der Waals surface area contributed by atoms with Crippen molar-refractivity contribution in [1.29, 1.82) is 0 Å². The van der Waals surface area contributed by atoms with Crippen LogP contribution in [0.2, 0.25) is 0 Å². The van der Waals surface area contributed by atoms with Crippen LogP contribution in [0, 0.1) is 0 Å². The van der Waals surface area contributed by atoms with Crippen molar-refractivity contribution in [1.82, 2.24) is 19.8 Å². The molecule has 118 valence electrons. The highest BCUT2D eigenvalue weighted by molar-refractivity contribution is 7.16. The van der Waals surface area contributed by atoms with Crippen molar-refractivity contribution < 1.29 is 4.79 Å². The Kier molecular flexibility index (Phi) is 4.12. The Balaban J connectivity index is 1.73. The van der Waals surface area contributed by atoms with Gasteiger partial charge < -0.3 is 20.4 Å². The van der Waals surface area contributed by atoms with E-state index in [4.69, 9.17) is 5.73 Å². The van der Waals surface area contributed by atoms with Gasteiger partial charge in [-0.25, -0.2) is 4.98 Å². The molecular weight excluding hydrogens is 300 g/mol. The molecule has 1 amide bonds. The highest BCUT2D eigenvalue weighted by Gasteiger charge is 2.23. The van der Waals surface area contributed by atoms with Crippen LogP contribution in [0.1, 0.15) is 0 Å². The van der Waals surface area contributed by atoms with Gasteiger partial charge in [-0.3, -0.25) is 4.79 Å². The van der Waals surface area contributed by atoms with Crippen LogP contribution < -0.4 is 10.6 Å². The van der Waals surface area contributed by atoms with Crippen LogP contribution >= 0.6 is 11.3 Å². The zero-order valence-corrected chi connectivity index (χ0v) is 13.6. The van der Waals surface area contributed by atoms with Crippen LogP contribution in [0.5, 0.6) is 0 Å². The number of hydrogen-bond donors (Lipinski definition) is 1. The maximum absolute atomic E-state index is 12.1. The van der Waals surface area contributed by atoms with Gasteiger partial charge in [-0.1, -0.05) is 0 Å². The summed E-state index contributed by atoms with van der Waals surface area (Å²) in [7, 11) is 3.82. The number of thiophene rings is 1. The third kappa shape index (κ3) is 2.97. The maximum Gasteiger partial charge on any atom is 0.236 e. The average molecular weight is 320 g/mol. The van der Waals surface area contributed by atoms with Crippen molar-refractivity contribution in [3.8, 4) is 0 Å². The second kappa shape index (κ2) is 6.05. The van der Waals surface area contributed by atoms with Crippen molar-refractivity contribution in [2.24, 2.45) is 0 Å². The predicted molar refractivity (Wildman–Crippen MR) is 89.2 cm³/mol. The number of rotatable bonds is 3. The molecule has 2 N–H and O–H groups in total. The summed E-state index contributed by atoms with van der Waals surface area (Å²) in [5.41, 5.74) is 5.81. The average Bonchev–Trinajstić information content (AvgIpc) is 2.94. The van der Waals surface area contributed by atoms with E-state index in [1.165, 1.54) is 0 Å². The quantitative estimate of drug-likeness (QED) is 0.886. The first-order chi connectivity index (χ1) is 10.5. The Hall–Kier alpha value is -1.93. The van der Waals surface area contributed by atoms with Gasteiger partial charge >= 0.3 is 0 Å². The second-order valence-corrected chi connectivity index (χ2v) is 6.55. The number of nitrogen functional groups attached to an aromatic ring is 1. The number of carbonyl (C=O) groups excluding carboxylic acids is 1. The summed E-state index contributed by atoms with van der Waals surface area (Å²) < 4.78 is 0. The lowest BCUT2D eigenvalue weighted by atomic mass is 10.2. The summed E-state index contributed by atoms with van der Waals surface area (Å²) in [6.45, 7) is 3.40. The number of nitrogens with two attached hydrogens (primary N) is 1. The molecule has 0 unspecified atom stereocenters. The van der Waals surface area contributed by atoms with Gasteiger partial charge in [-0.15, -0.1) is 11.3 Å². The topological polar surface area (TPSA) is 78.6 Å². The molecule has 1 aliphatic heterocycles. The molecule has 22 heavy (non-hydrogen) atoms. The number of amides is 1. The van der Waals surface area contributed by atoms with Crippen LogP contribution in [-0.4, -0.2) is 72.5 Å². The molecule has 2 aromatic heterocycles. The number of nitrogens with zero attached hydrogens (tertiary/aromatic N) is 5. The molecule has 3 rings (SSSR count). The summed E-state index contributed by atoms with van der Waals surface area (Å²) in [4.78, 5) is 27.7. The summed E-state index contributed by atoms with van der Waals surface area (Å²) >= 11 is 1.56. The number of fused-ring (bicyclic) bond motifs is 1. The van der Waals surface area contributed by atoms with Crippen molar-refractivity contribution in [2.75, 3.05) is 57.5 Å². The lowest BCUT2D eigenvalue weighted by Gasteiger charge is -2.36. The van der Waals surface area contributed by atoms with E-state index < -0.39 is 0 Å². The van der Waals surface area contributed by atoms with Crippen molar-refractivity contribution in [2.45, 2.75) is 0 Å². The van der Waals surface area contributed by atoms with Gasteiger partial charge in [-0.05, 0) is 25.5 Å². The normalized spacial score (nSPS) is 15.8. The van der Waals surface area contributed by atoms with E-state index in [0.717, 1.165) is 29.1 Å². The zero-order valence-electron chi connectivity index (χ0n) is 12.8. The molecule has 3 heterocycles. The molecule has 2 aromatic rings. The first kappa shape index (κ1) is 15.0. The minimum absolute atomic E-state index is 0.174. The maximum atomic E-state index is 12.1. The number of hydrogen-bond acceptors (Lipinski definition) is 7. The summed E-state index contributed by atoms with van der Waals surface area (Å²) in [6.07, 6.45) is 0. The van der Waals surface area contributed by atoms with Gasteiger partial charge in [0.1, 0.15) is 10.6 Å². The molecule has 1 aliphatic rings. The molecule has 0 aliphatic carbocycles. The summed E-state index contributed by atoms with van der Waals surface area (Å²) in [5.74, 6) is 1.35. The van der Waals surface area contributed by atoms with E-state index in [1.807, 2.05) is 35.3 Å². The van der Waals surface area contributed by atoms with Crippen molar-refractivity contribution in [3.63, 3.8) is 0 Å². The summed E-state index contributed by atoms with van der Waals surface area (Å²) in [6, 6.07) is 2.03. The van der Waals surface area contributed by atoms with E-state index >= 15 is 0 Å². The molecule has 1 fully saturated rings. The Morgan fingerprint density at radius 2 is 2.05 bits per heavy atom. The van der Waals surface area contributed by atoms with Crippen molar-refractivity contribution >= 4 is 39.2 Å². The van der Waals surface area contributed by atoms with Crippen LogP contribution in [0.25, 0.3) is 10.2 Å². The molecule has 0 bridgehead atoms. The first-order valence-corrected chi connectivity index (χ1v) is 8.11. The molecule has 1 saturated heterocycles. The Morgan fingerprint density at radius 3 is 2.73 bits per heavy atom. The zero-order chi connectivity index (χ0) is 15.7. The molecule has 0 saturated carbocycles. The molecule has 0 radical (unpaired) electrons. The van der Waals surface area contributed by atoms with Gasteiger partial charge in [0, 0.05) is 26.2 Å². The monoisotopic (exact) mass is 320 g/mol. The highest BCUT2D eigenvalue weighted by atomic mass is 32.1. The Morgan fingerprint density at radius 1 is 1.32 bits per heavy atom. The van der Waals surface area contributed by atoms with Crippen molar-refractivity contribution in [3.05, 3.63) is 11.4 Å². The molecule has 0 atom stereocenters.